The minimum absolute atomic E-state index is 0.0280. The molecule has 0 spiro atoms. The average Bonchev–Trinajstić information content (AvgIpc) is 3.09. The molecule has 1 aliphatic heterocycles. The average molecular weight is 407 g/mol. The second-order valence-electron chi connectivity index (χ2n) is 7.48. The SMILES string of the molecule is COc1ccc(N[C@H](c2ccc(N(C)C)cc2)[C@@H]2Cc3ccccc3S2=O)cc1. The highest BCUT2D eigenvalue weighted by molar-refractivity contribution is 7.86. The van der Waals surface area contributed by atoms with E-state index in [1.54, 1.807) is 7.11 Å². The normalized spacial score (nSPS) is 18.7. The zero-order valence-corrected chi connectivity index (χ0v) is 17.8. The van der Waals surface area contributed by atoms with Crippen LogP contribution in [-0.4, -0.2) is 30.7 Å². The highest BCUT2D eigenvalue weighted by atomic mass is 32.2. The van der Waals surface area contributed by atoms with Crippen molar-refractivity contribution in [3.63, 3.8) is 0 Å². The zero-order chi connectivity index (χ0) is 20.4. The minimum atomic E-state index is -1.06. The number of rotatable bonds is 6. The highest BCUT2D eigenvalue weighted by Crippen LogP contribution is 2.37. The molecule has 0 radical (unpaired) electrons. The van der Waals surface area contributed by atoms with Crippen LogP contribution in [0.1, 0.15) is 17.2 Å². The van der Waals surface area contributed by atoms with E-state index < -0.39 is 10.8 Å². The van der Waals surface area contributed by atoms with E-state index in [1.165, 1.54) is 5.56 Å². The van der Waals surface area contributed by atoms with Crippen LogP contribution in [0.5, 0.6) is 5.75 Å². The summed E-state index contributed by atoms with van der Waals surface area (Å²) in [7, 11) is 4.67. The highest BCUT2D eigenvalue weighted by Gasteiger charge is 2.36. The van der Waals surface area contributed by atoms with Crippen LogP contribution in [-0.2, 0) is 17.2 Å². The van der Waals surface area contributed by atoms with Crippen molar-refractivity contribution in [2.75, 3.05) is 31.4 Å². The van der Waals surface area contributed by atoms with Crippen molar-refractivity contribution in [2.45, 2.75) is 22.6 Å². The molecule has 4 nitrogen and oxygen atoms in total. The van der Waals surface area contributed by atoms with Crippen LogP contribution in [0.25, 0.3) is 0 Å². The maximum absolute atomic E-state index is 13.3. The number of anilines is 2. The summed E-state index contributed by atoms with van der Waals surface area (Å²) in [5, 5.41) is 3.61. The molecule has 0 amide bonds. The Morgan fingerprint density at radius 2 is 1.69 bits per heavy atom. The fourth-order valence-corrected chi connectivity index (χ4v) is 5.56. The first-order valence-electron chi connectivity index (χ1n) is 9.73. The van der Waals surface area contributed by atoms with Crippen LogP contribution in [0.2, 0.25) is 0 Å². The first-order chi connectivity index (χ1) is 14.1. The van der Waals surface area contributed by atoms with Crippen molar-refractivity contribution in [3.8, 4) is 5.75 Å². The molecule has 0 aromatic heterocycles. The Balaban J connectivity index is 1.68. The van der Waals surface area contributed by atoms with Crippen molar-refractivity contribution in [1.82, 2.24) is 0 Å². The first kappa shape index (κ1) is 19.5. The Kier molecular flexibility index (Phi) is 5.58. The van der Waals surface area contributed by atoms with E-state index in [0.717, 1.165) is 34.0 Å². The van der Waals surface area contributed by atoms with Gasteiger partial charge in [-0.2, -0.15) is 0 Å². The summed E-state index contributed by atoms with van der Waals surface area (Å²) in [5.41, 5.74) is 4.45. The molecule has 0 aliphatic carbocycles. The molecule has 0 saturated carbocycles. The summed E-state index contributed by atoms with van der Waals surface area (Å²) in [5.74, 6) is 0.819. The van der Waals surface area contributed by atoms with Crippen molar-refractivity contribution >= 4 is 22.2 Å². The van der Waals surface area contributed by atoms with Gasteiger partial charge in [0.2, 0.25) is 0 Å². The van der Waals surface area contributed by atoms with Crippen molar-refractivity contribution < 1.29 is 8.95 Å². The maximum atomic E-state index is 13.3. The minimum Gasteiger partial charge on any atom is -0.497 e. The molecule has 0 bridgehead atoms. The monoisotopic (exact) mass is 406 g/mol. The van der Waals surface area contributed by atoms with Gasteiger partial charge in [0.05, 0.1) is 29.2 Å². The fraction of sp³-hybridized carbons (Fsp3) is 0.250. The van der Waals surface area contributed by atoms with Gasteiger partial charge < -0.3 is 15.0 Å². The van der Waals surface area contributed by atoms with Gasteiger partial charge in [0.25, 0.3) is 0 Å². The predicted octanol–water partition coefficient (Wildman–Crippen LogP) is 4.65. The third kappa shape index (κ3) is 4.01. The molecule has 150 valence electrons. The molecule has 1 aliphatic rings. The van der Waals surface area contributed by atoms with Gasteiger partial charge in [0.1, 0.15) is 5.75 Å². The summed E-state index contributed by atoms with van der Waals surface area (Å²) in [6.07, 6.45) is 0.798. The number of nitrogens with one attached hydrogen (secondary N) is 1. The third-order valence-electron chi connectivity index (χ3n) is 5.44. The predicted molar refractivity (Wildman–Crippen MR) is 120 cm³/mol. The summed E-state index contributed by atoms with van der Waals surface area (Å²) in [6.45, 7) is 0. The number of hydrogen-bond donors (Lipinski definition) is 1. The molecule has 3 atom stereocenters. The largest absolute Gasteiger partial charge is 0.497 e. The van der Waals surface area contributed by atoms with Crippen LogP contribution < -0.4 is 15.0 Å². The molecule has 4 rings (SSSR count). The molecule has 3 aromatic rings. The molecule has 1 N–H and O–H groups in total. The van der Waals surface area contributed by atoms with Gasteiger partial charge in [0, 0.05) is 30.4 Å². The van der Waals surface area contributed by atoms with Crippen LogP contribution in [0.3, 0.4) is 0 Å². The Morgan fingerprint density at radius 3 is 2.31 bits per heavy atom. The van der Waals surface area contributed by atoms with E-state index in [9.17, 15) is 4.21 Å². The van der Waals surface area contributed by atoms with Gasteiger partial charge in [-0.3, -0.25) is 4.21 Å². The fourth-order valence-electron chi connectivity index (χ4n) is 3.80. The first-order valence-corrected chi connectivity index (χ1v) is 10.9. The zero-order valence-electron chi connectivity index (χ0n) is 17.0. The van der Waals surface area contributed by atoms with E-state index in [1.807, 2.05) is 56.6 Å². The Hall–Kier alpha value is -2.79. The Morgan fingerprint density at radius 1 is 1.00 bits per heavy atom. The number of hydrogen-bond acceptors (Lipinski definition) is 4. The lowest BCUT2D eigenvalue weighted by Gasteiger charge is -2.26. The number of fused-ring (bicyclic) bond motifs is 1. The number of benzene rings is 3. The van der Waals surface area contributed by atoms with Crippen molar-refractivity contribution in [2.24, 2.45) is 0 Å². The molecule has 1 unspecified atom stereocenters. The van der Waals surface area contributed by atoms with Gasteiger partial charge in [-0.1, -0.05) is 30.3 Å². The van der Waals surface area contributed by atoms with Crippen molar-refractivity contribution in [3.05, 3.63) is 83.9 Å². The van der Waals surface area contributed by atoms with Crippen molar-refractivity contribution in [1.29, 1.82) is 0 Å². The number of nitrogens with zero attached hydrogens (tertiary/aromatic N) is 1. The number of methoxy groups -OCH3 is 1. The lowest BCUT2D eigenvalue weighted by Crippen LogP contribution is -2.28. The summed E-state index contributed by atoms with van der Waals surface area (Å²) in [6, 6.07) is 24.4. The molecule has 3 aromatic carbocycles. The molecule has 0 saturated heterocycles. The third-order valence-corrected chi connectivity index (χ3v) is 7.26. The Labute approximate surface area is 175 Å². The van der Waals surface area contributed by atoms with Crippen LogP contribution in [0.4, 0.5) is 11.4 Å². The van der Waals surface area contributed by atoms with E-state index >= 15 is 0 Å². The molecule has 0 fully saturated rings. The summed E-state index contributed by atoms with van der Waals surface area (Å²) < 4.78 is 18.6. The van der Waals surface area contributed by atoms with Crippen LogP contribution in [0.15, 0.2) is 77.7 Å². The topological polar surface area (TPSA) is 41.6 Å². The van der Waals surface area contributed by atoms with Gasteiger partial charge in [-0.25, -0.2) is 0 Å². The Bertz CT molecular complexity index is 1000. The molecule has 29 heavy (non-hydrogen) atoms. The van der Waals surface area contributed by atoms with E-state index in [0.29, 0.717) is 0 Å². The van der Waals surface area contributed by atoms with E-state index in [-0.39, 0.29) is 11.3 Å². The standard InChI is InChI=1S/C24H26N2O2S/c1-26(2)20-12-8-17(9-13-20)24(25-19-10-14-21(28-3)15-11-19)23-16-18-6-4-5-7-22(18)29(23)27/h4-15,23-25H,16H2,1-3H3/t23-,24+,29?/m0/s1. The van der Waals surface area contributed by atoms with Gasteiger partial charge in [0.15, 0.2) is 0 Å². The molecular formula is C24H26N2O2S. The lowest BCUT2D eigenvalue weighted by molar-refractivity contribution is 0.415. The lowest BCUT2D eigenvalue weighted by atomic mass is 9.98. The van der Waals surface area contributed by atoms with Gasteiger partial charge in [-0.05, 0) is 60.0 Å². The molecular weight excluding hydrogens is 380 g/mol. The second-order valence-corrected chi connectivity index (χ2v) is 9.12. The van der Waals surface area contributed by atoms with Crippen LogP contribution in [0, 0.1) is 0 Å². The second kappa shape index (κ2) is 8.29. The van der Waals surface area contributed by atoms with Gasteiger partial charge >= 0.3 is 0 Å². The number of ether oxygens (including phenoxy) is 1. The van der Waals surface area contributed by atoms with Crippen LogP contribution >= 0.6 is 0 Å². The van der Waals surface area contributed by atoms with E-state index in [2.05, 4.69) is 40.5 Å². The summed E-state index contributed by atoms with van der Waals surface area (Å²) >= 11 is 0. The summed E-state index contributed by atoms with van der Waals surface area (Å²) in [4.78, 5) is 3.04. The smallest absolute Gasteiger partial charge is 0.119 e. The maximum Gasteiger partial charge on any atom is 0.119 e. The van der Waals surface area contributed by atoms with Gasteiger partial charge in [-0.15, -0.1) is 0 Å². The molecule has 1 heterocycles. The quantitative estimate of drug-likeness (QED) is 0.647. The molecule has 5 heteroatoms. The van der Waals surface area contributed by atoms with E-state index in [4.69, 9.17) is 4.74 Å².